The summed E-state index contributed by atoms with van der Waals surface area (Å²) in [6.45, 7) is 6.20. The first-order chi connectivity index (χ1) is 11.7. The molecule has 1 amide bonds. The zero-order chi connectivity index (χ0) is 16.9. The van der Waals surface area contributed by atoms with Gasteiger partial charge in [-0.2, -0.15) is 0 Å². The van der Waals surface area contributed by atoms with Gasteiger partial charge in [0.2, 0.25) is 5.91 Å². The summed E-state index contributed by atoms with van der Waals surface area (Å²) in [7, 11) is 0. The topological polar surface area (TPSA) is 51.2 Å². The van der Waals surface area contributed by atoms with Gasteiger partial charge in [-0.05, 0) is 36.6 Å². The fourth-order valence-corrected chi connectivity index (χ4v) is 2.96. The van der Waals surface area contributed by atoms with Crippen molar-refractivity contribution in [2.45, 2.75) is 32.3 Å². The van der Waals surface area contributed by atoms with Crippen LogP contribution in [0.3, 0.4) is 0 Å². The SMILES string of the molecule is C=CCCC(=O)NCC1Cc2cccc(-c3ncccc3C)c2O1. The second-order valence-corrected chi connectivity index (χ2v) is 6.04. The van der Waals surface area contributed by atoms with Gasteiger partial charge in [-0.25, -0.2) is 0 Å². The molecule has 1 N–H and O–H groups in total. The van der Waals surface area contributed by atoms with E-state index in [1.807, 2.05) is 31.2 Å². The Balaban J connectivity index is 1.72. The molecule has 0 fully saturated rings. The number of amides is 1. The van der Waals surface area contributed by atoms with Crippen LogP contribution in [0.25, 0.3) is 11.3 Å². The van der Waals surface area contributed by atoms with Crippen LogP contribution in [0.2, 0.25) is 0 Å². The molecule has 0 saturated heterocycles. The Morgan fingerprint density at radius 2 is 2.29 bits per heavy atom. The Bertz CT molecular complexity index is 755. The van der Waals surface area contributed by atoms with Crippen LogP contribution in [-0.4, -0.2) is 23.5 Å². The van der Waals surface area contributed by atoms with E-state index in [0.717, 1.165) is 29.0 Å². The van der Waals surface area contributed by atoms with Crippen molar-refractivity contribution < 1.29 is 9.53 Å². The van der Waals surface area contributed by atoms with Gasteiger partial charge in [-0.15, -0.1) is 6.58 Å². The molecule has 0 spiro atoms. The van der Waals surface area contributed by atoms with Gasteiger partial charge in [0, 0.05) is 24.6 Å². The summed E-state index contributed by atoms with van der Waals surface area (Å²) in [5.41, 5.74) is 4.26. The Hall–Kier alpha value is -2.62. The van der Waals surface area contributed by atoms with Crippen LogP contribution < -0.4 is 10.1 Å². The number of hydrogen-bond donors (Lipinski definition) is 1. The maximum absolute atomic E-state index is 11.7. The number of nitrogens with one attached hydrogen (secondary N) is 1. The first kappa shape index (κ1) is 16.2. The van der Waals surface area contributed by atoms with Crippen LogP contribution >= 0.6 is 0 Å². The zero-order valence-corrected chi connectivity index (χ0v) is 13.9. The molecule has 2 aromatic rings. The van der Waals surface area contributed by atoms with E-state index >= 15 is 0 Å². The monoisotopic (exact) mass is 322 g/mol. The molecule has 1 aromatic carbocycles. The lowest BCUT2D eigenvalue weighted by molar-refractivity contribution is -0.121. The Kier molecular flexibility index (Phi) is 4.94. The molecule has 2 heterocycles. The molecule has 0 radical (unpaired) electrons. The summed E-state index contributed by atoms with van der Waals surface area (Å²) >= 11 is 0. The maximum atomic E-state index is 11.7. The number of benzene rings is 1. The third-order valence-corrected chi connectivity index (χ3v) is 4.20. The molecule has 1 aliphatic heterocycles. The summed E-state index contributed by atoms with van der Waals surface area (Å²) < 4.78 is 6.13. The first-order valence-corrected chi connectivity index (χ1v) is 8.27. The maximum Gasteiger partial charge on any atom is 0.220 e. The third-order valence-electron chi connectivity index (χ3n) is 4.20. The number of carbonyl (C=O) groups is 1. The predicted molar refractivity (Wildman–Crippen MR) is 95.0 cm³/mol. The first-order valence-electron chi connectivity index (χ1n) is 8.27. The molecular weight excluding hydrogens is 300 g/mol. The van der Waals surface area contributed by atoms with Crippen LogP contribution in [0.15, 0.2) is 49.2 Å². The standard InChI is InChI=1S/C20H22N2O2/c1-3-4-10-18(23)22-13-16-12-15-8-5-9-17(20(15)24-16)19-14(2)7-6-11-21-19/h3,5-9,11,16H,1,4,10,12-13H2,2H3,(H,22,23). The van der Waals surface area contributed by atoms with Crippen molar-refractivity contribution in [2.24, 2.45) is 0 Å². The normalized spacial score (nSPS) is 15.5. The van der Waals surface area contributed by atoms with Gasteiger partial charge >= 0.3 is 0 Å². The van der Waals surface area contributed by atoms with Gasteiger partial charge in [0.25, 0.3) is 0 Å². The highest BCUT2D eigenvalue weighted by atomic mass is 16.5. The van der Waals surface area contributed by atoms with Crippen molar-refractivity contribution in [1.82, 2.24) is 10.3 Å². The number of allylic oxidation sites excluding steroid dienone is 1. The number of para-hydroxylation sites is 1. The highest BCUT2D eigenvalue weighted by Crippen LogP contribution is 2.38. The van der Waals surface area contributed by atoms with Crippen LogP contribution in [0.4, 0.5) is 0 Å². The molecule has 0 saturated carbocycles. The van der Waals surface area contributed by atoms with Crippen molar-refractivity contribution >= 4 is 5.91 Å². The van der Waals surface area contributed by atoms with E-state index in [-0.39, 0.29) is 12.0 Å². The number of ether oxygens (including phenoxy) is 1. The minimum atomic E-state index is -0.0298. The summed E-state index contributed by atoms with van der Waals surface area (Å²) in [6.07, 6.45) is 5.49. The number of aryl methyl sites for hydroxylation is 1. The molecule has 1 aromatic heterocycles. The molecule has 124 valence electrons. The van der Waals surface area contributed by atoms with Crippen LogP contribution in [0.1, 0.15) is 24.0 Å². The van der Waals surface area contributed by atoms with Gasteiger partial charge in [-0.1, -0.05) is 24.3 Å². The molecular formula is C20H22N2O2. The van der Waals surface area contributed by atoms with Crippen molar-refractivity contribution in [2.75, 3.05) is 6.54 Å². The Morgan fingerprint density at radius 1 is 1.42 bits per heavy atom. The van der Waals surface area contributed by atoms with E-state index in [1.165, 1.54) is 5.56 Å². The van der Waals surface area contributed by atoms with Gasteiger partial charge in [0.15, 0.2) is 0 Å². The highest BCUT2D eigenvalue weighted by Gasteiger charge is 2.26. The minimum Gasteiger partial charge on any atom is -0.487 e. The summed E-state index contributed by atoms with van der Waals surface area (Å²) in [5.74, 6) is 0.930. The number of hydrogen-bond acceptors (Lipinski definition) is 3. The number of carbonyl (C=O) groups excluding carboxylic acids is 1. The van der Waals surface area contributed by atoms with Crippen molar-refractivity contribution in [1.29, 1.82) is 0 Å². The van der Waals surface area contributed by atoms with Gasteiger partial charge in [0.1, 0.15) is 11.9 Å². The lowest BCUT2D eigenvalue weighted by atomic mass is 10.0. The summed E-state index contributed by atoms with van der Waals surface area (Å²) in [5, 5.41) is 2.94. The Morgan fingerprint density at radius 3 is 3.08 bits per heavy atom. The number of nitrogens with zero attached hydrogens (tertiary/aromatic N) is 1. The van der Waals surface area contributed by atoms with Gasteiger partial charge in [-0.3, -0.25) is 9.78 Å². The molecule has 24 heavy (non-hydrogen) atoms. The molecule has 4 nitrogen and oxygen atoms in total. The molecule has 4 heteroatoms. The molecule has 1 unspecified atom stereocenters. The predicted octanol–water partition coefficient (Wildman–Crippen LogP) is 3.44. The Labute approximate surface area is 142 Å². The third kappa shape index (κ3) is 3.48. The average Bonchev–Trinajstić information content (AvgIpc) is 3.02. The fraction of sp³-hybridized carbons (Fsp3) is 0.300. The van der Waals surface area contributed by atoms with E-state index in [4.69, 9.17) is 4.74 Å². The van der Waals surface area contributed by atoms with Gasteiger partial charge < -0.3 is 10.1 Å². The average molecular weight is 322 g/mol. The van der Waals surface area contributed by atoms with E-state index in [1.54, 1.807) is 12.3 Å². The number of rotatable bonds is 6. The van der Waals surface area contributed by atoms with Crippen molar-refractivity contribution in [3.8, 4) is 17.0 Å². The summed E-state index contributed by atoms with van der Waals surface area (Å²) in [4.78, 5) is 16.2. The second-order valence-electron chi connectivity index (χ2n) is 6.04. The number of aromatic nitrogens is 1. The quantitative estimate of drug-likeness (QED) is 0.829. The lowest BCUT2D eigenvalue weighted by Crippen LogP contribution is -2.34. The molecule has 0 aliphatic carbocycles. The minimum absolute atomic E-state index is 0.0298. The van der Waals surface area contributed by atoms with E-state index < -0.39 is 0 Å². The second kappa shape index (κ2) is 7.30. The van der Waals surface area contributed by atoms with Crippen LogP contribution in [0.5, 0.6) is 5.75 Å². The molecule has 3 rings (SSSR count). The van der Waals surface area contributed by atoms with Gasteiger partial charge in [0.05, 0.1) is 12.2 Å². The lowest BCUT2D eigenvalue weighted by Gasteiger charge is -2.14. The van der Waals surface area contributed by atoms with E-state index in [0.29, 0.717) is 19.4 Å². The number of pyridine rings is 1. The van der Waals surface area contributed by atoms with Crippen LogP contribution in [-0.2, 0) is 11.2 Å². The fourth-order valence-electron chi connectivity index (χ4n) is 2.96. The largest absolute Gasteiger partial charge is 0.487 e. The molecule has 0 bridgehead atoms. The highest BCUT2D eigenvalue weighted by molar-refractivity contribution is 5.76. The van der Waals surface area contributed by atoms with Crippen molar-refractivity contribution in [3.05, 3.63) is 60.3 Å². The summed E-state index contributed by atoms with van der Waals surface area (Å²) in [6, 6.07) is 10.1. The van der Waals surface area contributed by atoms with Crippen molar-refractivity contribution in [3.63, 3.8) is 0 Å². The van der Waals surface area contributed by atoms with E-state index in [9.17, 15) is 4.79 Å². The molecule has 1 atom stereocenters. The van der Waals surface area contributed by atoms with Crippen LogP contribution in [0, 0.1) is 6.92 Å². The van der Waals surface area contributed by atoms with E-state index in [2.05, 4.69) is 22.9 Å². The molecule has 1 aliphatic rings. The zero-order valence-electron chi connectivity index (χ0n) is 13.9. The number of fused-ring (bicyclic) bond motifs is 1. The smallest absolute Gasteiger partial charge is 0.220 e.